The molecule has 0 spiro atoms. The molecule has 0 radical (unpaired) electrons. The quantitative estimate of drug-likeness (QED) is 0.556. The lowest BCUT2D eigenvalue weighted by molar-refractivity contribution is -0.137. The molecule has 0 aliphatic carbocycles. The fourth-order valence-electron chi connectivity index (χ4n) is 2.82. The fourth-order valence-corrected chi connectivity index (χ4v) is 2.82. The third-order valence-electron chi connectivity index (χ3n) is 4.11. The standard InChI is InChI=1S/C18H13F3N4O3/c19-18(20,21)10-1-3-13-14(9-10)24-25(23-13)15-4-2-12-11(16(15)27)5-6-22-17(12)28-8-7-26/h1-6,9,26-27H,7-8H2. The molecule has 0 fully saturated rings. The lowest BCUT2D eigenvalue weighted by atomic mass is 10.1. The summed E-state index contributed by atoms with van der Waals surface area (Å²) in [6.45, 7) is -0.145. The molecule has 28 heavy (non-hydrogen) atoms. The topological polar surface area (TPSA) is 93.3 Å². The van der Waals surface area contributed by atoms with E-state index >= 15 is 0 Å². The van der Waals surface area contributed by atoms with E-state index in [0.717, 1.165) is 16.9 Å². The summed E-state index contributed by atoms with van der Waals surface area (Å²) < 4.78 is 44.0. The molecule has 4 rings (SSSR count). The van der Waals surface area contributed by atoms with E-state index in [1.54, 1.807) is 12.1 Å². The van der Waals surface area contributed by atoms with Crippen molar-refractivity contribution in [2.75, 3.05) is 13.2 Å². The zero-order valence-electron chi connectivity index (χ0n) is 14.2. The largest absolute Gasteiger partial charge is 0.505 e. The molecular weight excluding hydrogens is 377 g/mol. The van der Waals surface area contributed by atoms with E-state index in [2.05, 4.69) is 15.2 Å². The lowest BCUT2D eigenvalue weighted by Crippen LogP contribution is -2.04. The second-order valence-electron chi connectivity index (χ2n) is 5.91. The van der Waals surface area contributed by atoms with E-state index in [9.17, 15) is 18.3 Å². The molecule has 0 saturated heterocycles. The molecule has 2 aromatic carbocycles. The van der Waals surface area contributed by atoms with Crippen molar-refractivity contribution in [3.8, 4) is 17.3 Å². The van der Waals surface area contributed by atoms with Crippen molar-refractivity contribution in [2.24, 2.45) is 0 Å². The van der Waals surface area contributed by atoms with Crippen LogP contribution < -0.4 is 4.74 Å². The Hall–Kier alpha value is -3.40. The highest BCUT2D eigenvalue weighted by molar-refractivity contribution is 5.94. The van der Waals surface area contributed by atoms with Crippen LogP contribution in [0, 0.1) is 0 Å². The number of hydrogen-bond donors (Lipinski definition) is 2. The van der Waals surface area contributed by atoms with Gasteiger partial charge in [0.25, 0.3) is 0 Å². The normalized spacial score (nSPS) is 12.0. The van der Waals surface area contributed by atoms with E-state index in [-0.39, 0.29) is 41.6 Å². The highest BCUT2D eigenvalue weighted by Gasteiger charge is 2.31. The minimum Gasteiger partial charge on any atom is -0.505 e. The molecule has 0 atom stereocenters. The predicted molar refractivity (Wildman–Crippen MR) is 93.4 cm³/mol. The Kier molecular flexibility index (Phi) is 4.27. The molecule has 2 heterocycles. The summed E-state index contributed by atoms with van der Waals surface area (Å²) in [6, 6.07) is 7.75. The van der Waals surface area contributed by atoms with Crippen molar-refractivity contribution in [3.63, 3.8) is 0 Å². The smallest absolute Gasteiger partial charge is 0.416 e. The predicted octanol–water partition coefficient (Wildman–Crippen LogP) is 3.06. The Morgan fingerprint density at radius 1 is 1.00 bits per heavy atom. The number of pyridine rings is 1. The van der Waals surface area contributed by atoms with E-state index in [1.807, 2.05) is 0 Å². The maximum absolute atomic E-state index is 12.9. The first-order valence-corrected chi connectivity index (χ1v) is 8.17. The average Bonchev–Trinajstić information content (AvgIpc) is 3.09. The Bertz CT molecular complexity index is 1170. The van der Waals surface area contributed by atoms with Crippen LogP contribution in [0.3, 0.4) is 0 Å². The van der Waals surface area contributed by atoms with Crippen LogP contribution in [-0.2, 0) is 6.18 Å². The SMILES string of the molecule is OCCOc1nccc2c(O)c(-n3nc4ccc(C(F)(F)F)cc4n3)ccc12. The van der Waals surface area contributed by atoms with Gasteiger partial charge < -0.3 is 14.9 Å². The lowest BCUT2D eigenvalue weighted by Gasteiger charge is -2.10. The van der Waals surface area contributed by atoms with Gasteiger partial charge in [0.1, 0.15) is 23.3 Å². The summed E-state index contributed by atoms with van der Waals surface area (Å²) >= 11 is 0. The van der Waals surface area contributed by atoms with Crippen molar-refractivity contribution >= 4 is 21.8 Å². The number of aliphatic hydroxyl groups excluding tert-OH is 1. The molecule has 0 saturated carbocycles. The van der Waals surface area contributed by atoms with Gasteiger partial charge in [0, 0.05) is 17.0 Å². The first kappa shape index (κ1) is 18.0. The van der Waals surface area contributed by atoms with Gasteiger partial charge in [0.15, 0.2) is 5.75 Å². The van der Waals surface area contributed by atoms with Crippen molar-refractivity contribution in [2.45, 2.75) is 6.18 Å². The molecule has 0 aliphatic rings. The summed E-state index contributed by atoms with van der Waals surface area (Å²) in [5.74, 6) is 0.0619. The molecule has 2 aromatic heterocycles. The second-order valence-corrected chi connectivity index (χ2v) is 5.91. The molecule has 144 valence electrons. The van der Waals surface area contributed by atoms with Crippen LogP contribution in [0.25, 0.3) is 27.5 Å². The number of phenolic OH excluding ortho intramolecular Hbond substituents is 1. The Morgan fingerprint density at radius 3 is 2.54 bits per heavy atom. The fraction of sp³-hybridized carbons (Fsp3) is 0.167. The van der Waals surface area contributed by atoms with E-state index in [0.29, 0.717) is 10.8 Å². The summed E-state index contributed by atoms with van der Waals surface area (Å²) in [7, 11) is 0. The van der Waals surface area contributed by atoms with E-state index < -0.39 is 11.7 Å². The van der Waals surface area contributed by atoms with Crippen molar-refractivity contribution in [1.29, 1.82) is 0 Å². The first-order chi connectivity index (χ1) is 13.4. The summed E-state index contributed by atoms with van der Waals surface area (Å²) in [5.41, 5.74) is -0.326. The molecule has 10 heteroatoms. The van der Waals surface area contributed by atoms with Crippen molar-refractivity contribution in [1.82, 2.24) is 20.0 Å². The van der Waals surface area contributed by atoms with Gasteiger partial charge in [0.2, 0.25) is 5.88 Å². The Labute approximate surface area is 155 Å². The summed E-state index contributed by atoms with van der Waals surface area (Å²) in [6.07, 6.45) is -3.05. The number of halogens is 3. The zero-order valence-corrected chi connectivity index (χ0v) is 14.2. The molecule has 7 nitrogen and oxygen atoms in total. The second kappa shape index (κ2) is 6.64. The van der Waals surface area contributed by atoms with E-state index in [1.165, 1.54) is 18.3 Å². The van der Waals surface area contributed by atoms with Crippen molar-refractivity contribution in [3.05, 3.63) is 48.2 Å². The van der Waals surface area contributed by atoms with Gasteiger partial charge in [-0.25, -0.2) is 4.98 Å². The van der Waals surface area contributed by atoms with Crippen molar-refractivity contribution < 1.29 is 28.1 Å². The zero-order chi connectivity index (χ0) is 19.9. The van der Waals surface area contributed by atoms with E-state index in [4.69, 9.17) is 9.84 Å². The van der Waals surface area contributed by atoms with Crippen LogP contribution in [0.15, 0.2) is 42.6 Å². The third kappa shape index (κ3) is 3.07. The molecule has 4 aromatic rings. The number of fused-ring (bicyclic) bond motifs is 2. The van der Waals surface area contributed by atoms with Gasteiger partial charge in [-0.2, -0.15) is 13.2 Å². The van der Waals surface area contributed by atoms with Gasteiger partial charge in [0.05, 0.1) is 12.2 Å². The van der Waals surface area contributed by atoms with Gasteiger partial charge in [-0.15, -0.1) is 15.0 Å². The first-order valence-electron chi connectivity index (χ1n) is 8.17. The highest BCUT2D eigenvalue weighted by atomic mass is 19.4. The van der Waals surface area contributed by atoms with Gasteiger partial charge in [-0.05, 0) is 36.4 Å². The molecule has 0 bridgehead atoms. The molecule has 0 unspecified atom stereocenters. The number of hydrogen-bond acceptors (Lipinski definition) is 6. The molecule has 0 aliphatic heterocycles. The van der Waals surface area contributed by atoms with Crippen LogP contribution in [0.5, 0.6) is 11.6 Å². The number of benzene rings is 2. The number of aromatic hydroxyl groups is 1. The third-order valence-corrected chi connectivity index (χ3v) is 4.11. The van der Waals surface area contributed by atoms with Crippen LogP contribution >= 0.6 is 0 Å². The maximum atomic E-state index is 12.9. The van der Waals surface area contributed by atoms with Crippen LogP contribution in [0.4, 0.5) is 13.2 Å². The van der Waals surface area contributed by atoms with Gasteiger partial charge in [-0.3, -0.25) is 0 Å². The monoisotopic (exact) mass is 390 g/mol. The Morgan fingerprint density at radius 2 is 1.79 bits per heavy atom. The minimum atomic E-state index is -4.49. The highest BCUT2D eigenvalue weighted by Crippen LogP contribution is 2.35. The number of aromatic nitrogens is 4. The average molecular weight is 390 g/mol. The number of aliphatic hydroxyl groups is 1. The summed E-state index contributed by atoms with van der Waals surface area (Å²) in [5, 5.41) is 28.7. The van der Waals surface area contributed by atoms with Gasteiger partial charge >= 0.3 is 6.18 Å². The molecule has 2 N–H and O–H groups in total. The minimum absolute atomic E-state index is 0.0439. The number of alkyl halides is 3. The maximum Gasteiger partial charge on any atom is 0.416 e. The number of nitrogens with zero attached hydrogens (tertiary/aromatic N) is 4. The summed E-state index contributed by atoms with van der Waals surface area (Å²) in [4.78, 5) is 5.14. The molecule has 0 amide bonds. The van der Waals surface area contributed by atoms with Crippen LogP contribution in [-0.4, -0.2) is 43.4 Å². The Balaban J connectivity index is 1.81. The number of rotatable bonds is 4. The van der Waals surface area contributed by atoms with Gasteiger partial charge in [-0.1, -0.05) is 0 Å². The van der Waals surface area contributed by atoms with Crippen LogP contribution in [0.1, 0.15) is 5.56 Å². The van der Waals surface area contributed by atoms with Crippen LogP contribution in [0.2, 0.25) is 0 Å². The number of ether oxygens (including phenoxy) is 1. The number of phenols is 1. The molecular formula is C18H13F3N4O3.